The molecule has 4 amide bonds. The molecule has 2 fully saturated rings. The molecule has 0 aliphatic carbocycles. The van der Waals surface area contributed by atoms with Crippen LogP contribution in [0, 0.1) is 5.92 Å². The third-order valence-corrected chi connectivity index (χ3v) is 11.4. The number of epoxide rings is 1. The third-order valence-electron chi connectivity index (χ3n) is 10.0. The number of thioether (sulfide) groups is 1. The van der Waals surface area contributed by atoms with Gasteiger partial charge in [-0.3, -0.25) is 14.9 Å². The van der Waals surface area contributed by atoms with Crippen molar-refractivity contribution in [2.24, 2.45) is 5.92 Å². The van der Waals surface area contributed by atoms with Gasteiger partial charge in [0.05, 0.1) is 30.4 Å². The lowest BCUT2D eigenvalue weighted by molar-refractivity contribution is -0.158. The summed E-state index contributed by atoms with van der Waals surface area (Å²) in [5, 5.41) is 37.8. The fraction of sp³-hybridized carbons (Fsp3) is 0.579. The second kappa shape index (κ2) is 20.9. The van der Waals surface area contributed by atoms with Crippen LogP contribution < -0.4 is 20.7 Å². The molecule has 322 valence electrons. The van der Waals surface area contributed by atoms with E-state index in [-0.39, 0.29) is 24.3 Å². The summed E-state index contributed by atoms with van der Waals surface area (Å²) in [4.78, 5) is 75.2. The molecule has 2 saturated heterocycles. The molecule has 6 N–H and O–H groups in total. The number of carbonyl (C=O) groups excluding carboxylic acids is 4. The van der Waals surface area contributed by atoms with Crippen LogP contribution in [-0.4, -0.2) is 144 Å². The number of nitrogens with one attached hydrogen (secondary N) is 3. The van der Waals surface area contributed by atoms with Crippen LogP contribution in [0.25, 0.3) is 0 Å². The molecule has 2 aliphatic rings. The number of cyclic esters (lactones) is 1. The molecule has 0 radical (unpaired) electrons. The number of rotatable bonds is 21. The van der Waals surface area contributed by atoms with Crippen LogP contribution in [0.4, 0.5) is 9.59 Å². The summed E-state index contributed by atoms with van der Waals surface area (Å²) in [5.41, 5.74) is -1.23. The number of carboxylic acids is 2. The quantitative estimate of drug-likeness (QED) is 0.0591. The van der Waals surface area contributed by atoms with Crippen LogP contribution in [0.15, 0.2) is 42.0 Å². The van der Waals surface area contributed by atoms with Gasteiger partial charge < -0.3 is 54.5 Å². The molecule has 0 aromatic heterocycles. The second-order valence-electron chi connectivity index (χ2n) is 14.3. The van der Waals surface area contributed by atoms with Crippen molar-refractivity contribution >= 4 is 59.3 Å². The van der Waals surface area contributed by atoms with Gasteiger partial charge >= 0.3 is 30.0 Å². The van der Waals surface area contributed by atoms with E-state index in [1.165, 1.54) is 35.2 Å². The number of benzene rings is 1. The number of aliphatic hydroxyl groups is 1. The minimum atomic E-state index is -1.90. The maximum Gasteiger partial charge on any atom is 0.409 e. The van der Waals surface area contributed by atoms with Gasteiger partial charge in [-0.25, -0.2) is 19.2 Å². The summed E-state index contributed by atoms with van der Waals surface area (Å²) >= 11 is 6.94. The molecule has 2 aliphatic heterocycles. The van der Waals surface area contributed by atoms with E-state index in [1.54, 1.807) is 32.1 Å². The molecule has 1 aromatic rings. The highest BCUT2D eigenvalue weighted by Gasteiger charge is 2.64. The summed E-state index contributed by atoms with van der Waals surface area (Å²) in [6, 6.07) is 1.83. The lowest BCUT2D eigenvalue weighted by atomic mass is 9.83. The second-order valence-corrected chi connectivity index (χ2v) is 15.8. The molecule has 18 nitrogen and oxygen atoms in total. The number of allylic oxidation sites excluding steroid dienone is 3. The first-order chi connectivity index (χ1) is 27.2. The number of hydrogen-bond acceptors (Lipinski definition) is 13. The number of esters is 1. The van der Waals surface area contributed by atoms with Gasteiger partial charge in [0.25, 0.3) is 0 Å². The zero-order chi connectivity index (χ0) is 43.5. The molecule has 0 spiro atoms. The van der Waals surface area contributed by atoms with Crippen LogP contribution in [0.5, 0.6) is 5.75 Å². The zero-order valence-corrected chi connectivity index (χ0v) is 35.2. The Balaban J connectivity index is 1.71. The molecule has 0 saturated carbocycles. The Morgan fingerprint density at radius 2 is 1.88 bits per heavy atom. The number of methoxy groups -OCH3 is 2. The van der Waals surface area contributed by atoms with Gasteiger partial charge in [0.15, 0.2) is 5.72 Å². The molecule has 7 unspecified atom stereocenters. The number of ether oxygens (including phenoxy) is 5. The van der Waals surface area contributed by atoms with E-state index in [0.717, 1.165) is 27.8 Å². The van der Waals surface area contributed by atoms with Gasteiger partial charge in [-0.05, 0) is 44.9 Å². The predicted molar refractivity (Wildman–Crippen MR) is 212 cm³/mol. The molecule has 58 heavy (non-hydrogen) atoms. The molecule has 2 heterocycles. The molecule has 0 bridgehead atoms. The highest BCUT2D eigenvalue weighted by atomic mass is 35.5. The number of alkyl carbamates (subject to hydrolysis) is 1. The first-order valence-electron chi connectivity index (χ1n) is 18.2. The molecule has 1 aromatic carbocycles. The zero-order valence-electron chi connectivity index (χ0n) is 33.6. The van der Waals surface area contributed by atoms with E-state index < -0.39 is 89.7 Å². The monoisotopic (exact) mass is 856 g/mol. The first-order valence-corrected chi connectivity index (χ1v) is 19.8. The lowest BCUT2D eigenvalue weighted by Gasteiger charge is -2.42. The number of halogens is 1. The van der Waals surface area contributed by atoms with Crippen molar-refractivity contribution in [1.82, 2.24) is 20.9 Å². The Kier molecular flexibility index (Phi) is 17.2. The van der Waals surface area contributed by atoms with Crippen molar-refractivity contribution in [1.29, 1.82) is 0 Å². The van der Waals surface area contributed by atoms with Crippen LogP contribution >= 0.6 is 23.4 Å². The van der Waals surface area contributed by atoms with E-state index in [0.29, 0.717) is 17.2 Å². The van der Waals surface area contributed by atoms with Gasteiger partial charge in [-0.1, -0.05) is 48.4 Å². The fourth-order valence-corrected chi connectivity index (χ4v) is 7.34. The first kappa shape index (κ1) is 47.8. The molecular formula is C38H53ClN4O14S. The Hall–Kier alpha value is -4.56. The van der Waals surface area contributed by atoms with E-state index in [4.69, 9.17) is 40.4 Å². The lowest BCUT2D eigenvalue weighted by Crippen LogP contribution is -2.63. The predicted octanol–water partition coefficient (Wildman–Crippen LogP) is 2.74. The van der Waals surface area contributed by atoms with Crippen molar-refractivity contribution < 1.29 is 67.8 Å². The molecular weight excluding hydrogens is 804 g/mol. The Morgan fingerprint density at radius 3 is 2.48 bits per heavy atom. The minimum Gasteiger partial charge on any atom is -0.495 e. The summed E-state index contributed by atoms with van der Waals surface area (Å²) in [5.74, 6) is -4.64. The number of hydrogen-bond donors (Lipinski definition) is 6. The van der Waals surface area contributed by atoms with E-state index >= 15 is 0 Å². The van der Waals surface area contributed by atoms with E-state index in [2.05, 4.69) is 16.0 Å². The number of carbonyl (C=O) groups is 6. The summed E-state index contributed by atoms with van der Waals surface area (Å²) in [6.07, 6.45) is 0.527. The molecule has 3 rings (SSSR count). The molecule has 20 heteroatoms. The fourth-order valence-electron chi connectivity index (χ4n) is 6.39. The maximum absolute atomic E-state index is 13.4. The summed E-state index contributed by atoms with van der Waals surface area (Å²) in [7, 11) is 5.56. The van der Waals surface area contributed by atoms with Crippen LogP contribution in [-0.2, 0) is 44.5 Å². The van der Waals surface area contributed by atoms with Gasteiger partial charge in [0, 0.05) is 39.3 Å². The van der Waals surface area contributed by atoms with Crippen molar-refractivity contribution in [3.05, 3.63) is 52.6 Å². The Bertz CT molecular complexity index is 1750. The average molecular weight is 857 g/mol. The van der Waals surface area contributed by atoms with Gasteiger partial charge in [0.2, 0.25) is 5.91 Å². The van der Waals surface area contributed by atoms with Gasteiger partial charge in [0.1, 0.15) is 41.7 Å². The number of carboxylic acid groups (broad SMARTS) is 2. The Labute approximate surface area is 345 Å². The highest BCUT2D eigenvalue weighted by molar-refractivity contribution is 8.00. The Morgan fingerprint density at radius 1 is 1.19 bits per heavy atom. The number of aliphatic carboxylic acids is 2. The third kappa shape index (κ3) is 12.7. The number of likely N-dealkylation sites (N-methyl/N-ethyl adjacent to an activating group) is 1. The van der Waals surface area contributed by atoms with E-state index in [9.17, 15) is 39.0 Å². The minimum absolute atomic E-state index is 0.130. The van der Waals surface area contributed by atoms with Crippen LogP contribution in [0.2, 0.25) is 5.02 Å². The number of urea groups is 1. The highest BCUT2D eigenvalue weighted by Crippen LogP contribution is 2.48. The van der Waals surface area contributed by atoms with Crippen molar-refractivity contribution in [3.8, 4) is 5.75 Å². The largest absolute Gasteiger partial charge is 0.495 e. The van der Waals surface area contributed by atoms with Crippen LogP contribution in [0.1, 0.15) is 46.1 Å². The van der Waals surface area contributed by atoms with Crippen molar-refractivity contribution in [2.75, 3.05) is 39.8 Å². The smallest absolute Gasteiger partial charge is 0.409 e. The summed E-state index contributed by atoms with van der Waals surface area (Å²) in [6.45, 7) is 6.61. The maximum atomic E-state index is 13.4. The van der Waals surface area contributed by atoms with E-state index in [1.807, 2.05) is 25.1 Å². The standard InChI is InChI=1S/C38H53ClN4O14S/c1-20(14-23-12-13-24(39)26(15-23)53-7)10-9-11-28(54-8)38(52)17-27(55-36(51)42-38)21(2)32-37(4,57-32)29(16-30(44)40-5)56-34(49)22(3)43(6)35(50)41-25(33(47)48)18-58-19-31(45)46/h9-13,15,21-22,25,27-29,32,52H,14,16-19H2,1-8H3,(H,40,44)(H,41,50)(H,42,51)(H,45,46)(H,47,48)/b11-9+,20-10+/t21?,22-,25-,27?,28?,29?,32?,37?,38?/m0/s1. The summed E-state index contributed by atoms with van der Waals surface area (Å²) < 4.78 is 28.4. The number of nitrogens with zero attached hydrogens (tertiary/aromatic N) is 1. The van der Waals surface area contributed by atoms with Gasteiger partial charge in [-0.15, -0.1) is 11.8 Å². The van der Waals surface area contributed by atoms with Gasteiger partial charge in [-0.2, -0.15) is 0 Å². The number of amides is 4. The average Bonchev–Trinajstić information content (AvgIpc) is 3.86. The topological polar surface area (TPSA) is 252 Å². The van der Waals surface area contributed by atoms with Crippen LogP contribution in [0.3, 0.4) is 0 Å². The van der Waals surface area contributed by atoms with Crippen molar-refractivity contribution in [2.45, 2.75) is 94.8 Å². The SMILES string of the molecule is CNC(=O)CC(OC(=O)[C@H](C)N(C)C(=O)N[C@@H](CSCC(=O)O)C(=O)O)C1(C)OC1C(C)C1CC(O)(C(/C=C/C=C(\C)Cc2ccc(Cl)c(OC)c2)OC)NC(=O)O1. The van der Waals surface area contributed by atoms with Crippen molar-refractivity contribution in [3.63, 3.8) is 0 Å². The normalized spacial score (nSPS) is 24.2. The molecule has 9 atom stereocenters.